The van der Waals surface area contributed by atoms with Gasteiger partial charge in [0, 0.05) is 44.8 Å². The second-order valence-corrected chi connectivity index (χ2v) is 7.74. The van der Waals surface area contributed by atoms with Crippen molar-refractivity contribution < 1.29 is 14.3 Å². The number of carbonyl (C=O) groups is 1. The van der Waals surface area contributed by atoms with Gasteiger partial charge in [-0.1, -0.05) is 6.07 Å². The summed E-state index contributed by atoms with van der Waals surface area (Å²) in [5.74, 6) is 2.90. The lowest BCUT2D eigenvalue weighted by molar-refractivity contribution is 0.0937. The fraction of sp³-hybridized carbons (Fsp3) is 0.476. The zero-order valence-electron chi connectivity index (χ0n) is 17.1. The third-order valence-electron chi connectivity index (χ3n) is 5.02. The molecule has 0 radical (unpaired) electrons. The van der Waals surface area contributed by atoms with E-state index in [4.69, 9.17) is 9.47 Å². The highest BCUT2D eigenvalue weighted by molar-refractivity contribution is 5.93. The number of amides is 1. The first kappa shape index (κ1) is 19.4. The van der Waals surface area contributed by atoms with Crippen LogP contribution in [-0.4, -0.2) is 59.8 Å². The first-order valence-corrected chi connectivity index (χ1v) is 10.0. The second-order valence-electron chi connectivity index (χ2n) is 7.74. The molecule has 1 fully saturated rings. The Morgan fingerprint density at radius 2 is 1.86 bits per heavy atom. The summed E-state index contributed by atoms with van der Waals surface area (Å²) in [5, 5.41) is 2.89. The molecule has 1 aromatic carbocycles. The molecule has 2 aromatic rings. The molecule has 8 nitrogen and oxygen atoms in total. The van der Waals surface area contributed by atoms with Gasteiger partial charge in [-0.05, 0) is 38.5 Å². The number of rotatable bonds is 5. The minimum Gasteiger partial charge on any atom is -0.454 e. The first-order valence-electron chi connectivity index (χ1n) is 10.0. The monoisotopic (exact) mass is 397 g/mol. The van der Waals surface area contributed by atoms with Crippen molar-refractivity contribution in [3.8, 4) is 11.5 Å². The molecule has 0 saturated carbocycles. The molecule has 2 aliphatic heterocycles. The molecule has 0 atom stereocenters. The molecular formula is C21H27N5O3. The van der Waals surface area contributed by atoms with E-state index in [1.807, 2.05) is 26.8 Å². The third-order valence-corrected chi connectivity index (χ3v) is 5.02. The molecule has 0 spiro atoms. The van der Waals surface area contributed by atoms with Gasteiger partial charge in [-0.2, -0.15) is 0 Å². The highest BCUT2D eigenvalue weighted by Gasteiger charge is 2.21. The van der Waals surface area contributed by atoms with E-state index in [2.05, 4.69) is 37.2 Å². The smallest absolute Gasteiger partial charge is 0.270 e. The molecule has 0 bridgehead atoms. The molecule has 2 aliphatic rings. The van der Waals surface area contributed by atoms with Crippen LogP contribution < -0.4 is 19.7 Å². The van der Waals surface area contributed by atoms with Gasteiger partial charge in [-0.3, -0.25) is 9.69 Å². The van der Waals surface area contributed by atoms with Gasteiger partial charge in [0.1, 0.15) is 17.3 Å². The van der Waals surface area contributed by atoms with Gasteiger partial charge < -0.3 is 19.7 Å². The van der Waals surface area contributed by atoms with Gasteiger partial charge in [-0.15, -0.1) is 0 Å². The third kappa shape index (κ3) is 4.59. The summed E-state index contributed by atoms with van der Waals surface area (Å²) < 4.78 is 10.9. The lowest BCUT2D eigenvalue weighted by Crippen LogP contribution is -2.46. The molecular weight excluding hydrogens is 370 g/mol. The predicted molar refractivity (Wildman–Crippen MR) is 109 cm³/mol. The van der Waals surface area contributed by atoms with Crippen molar-refractivity contribution in [2.75, 3.05) is 37.9 Å². The molecule has 0 aliphatic carbocycles. The zero-order valence-corrected chi connectivity index (χ0v) is 17.1. The number of benzene rings is 1. The minimum absolute atomic E-state index is 0.0703. The van der Waals surface area contributed by atoms with Crippen molar-refractivity contribution in [1.29, 1.82) is 0 Å². The van der Waals surface area contributed by atoms with E-state index >= 15 is 0 Å². The van der Waals surface area contributed by atoms with Crippen LogP contribution in [-0.2, 0) is 6.54 Å². The lowest BCUT2D eigenvalue weighted by atomic mass is 10.1. The molecule has 1 N–H and O–H groups in total. The zero-order chi connectivity index (χ0) is 20.4. The number of ether oxygens (including phenoxy) is 2. The highest BCUT2D eigenvalue weighted by atomic mass is 16.7. The number of hydrogen-bond acceptors (Lipinski definition) is 7. The Hall–Kier alpha value is -2.87. The van der Waals surface area contributed by atoms with Crippen LogP contribution in [0.25, 0.3) is 0 Å². The number of hydrogen-bond donors (Lipinski definition) is 1. The van der Waals surface area contributed by atoms with Crippen LogP contribution in [0, 0.1) is 6.92 Å². The number of nitrogens with one attached hydrogen (secondary N) is 1. The maximum atomic E-state index is 12.3. The van der Waals surface area contributed by atoms with E-state index in [9.17, 15) is 4.79 Å². The minimum atomic E-state index is -0.159. The van der Waals surface area contributed by atoms with Crippen LogP contribution in [0.5, 0.6) is 11.5 Å². The van der Waals surface area contributed by atoms with Crippen molar-refractivity contribution >= 4 is 11.7 Å². The van der Waals surface area contributed by atoms with E-state index in [0.29, 0.717) is 18.3 Å². The highest BCUT2D eigenvalue weighted by Crippen LogP contribution is 2.32. The SMILES string of the molecule is Cc1nc(C(=O)NC(C)C)cc(N2CCN(Cc3ccc4c(c3)OCO4)CC2)n1. The summed E-state index contributed by atoms with van der Waals surface area (Å²) in [7, 11) is 0. The van der Waals surface area contributed by atoms with Crippen LogP contribution in [0.3, 0.4) is 0 Å². The number of aromatic nitrogens is 2. The van der Waals surface area contributed by atoms with Crippen molar-refractivity contribution in [2.45, 2.75) is 33.4 Å². The molecule has 0 unspecified atom stereocenters. The van der Waals surface area contributed by atoms with Crippen LogP contribution in [0.1, 0.15) is 35.7 Å². The topological polar surface area (TPSA) is 79.8 Å². The largest absolute Gasteiger partial charge is 0.454 e. The predicted octanol–water partition coefficient (Wildman–Crippen LogP) is 1.97. The Bertz CT molecular complexity index is 894. The molecule has 1 saturated heterocycles. The summed E-state index contributed by atoms with van der Waals surface area (Å²) in [6.07, 6.45) is 0. The molecule has 154 valence electrons. The van der Waals surface area contributed by atoms with Gasteiger partial charge >= 0.3 is 0 Å². The molecule has 8 heteroatoms. The van der Waals surface area contributed by atoms with Gasteiger partial charge in [-0.25, -0.2) is 9.97 Å². The van der Waals surface area contributed by atoms with Crippen LogP contribution in [0.15, 0.2) is 24.3 Å². The number of nitrogens with zero attached hydrogens (tertiary/aromatic N) is 4. The molecule has 29 heavy (non-hydrogen) atoms. The van der Waals surface area contributed by atoms with Crippen molar-refractivity contribution in [2.24, 2.45) is 0 Å². The van der Waals surface area contributed by atoms with E-state index in [1.54, 1.807) is 6.07 Å². The summed E-state index contributed by atoms with van der Waals surface area (Å²) in [5.41, 5.74) is 1.64. The quantitative estimate of drug-likeness (QED) is 0.826. The maximum absolute atomic E-state index is 12.3. The maximum Gasteiger partial charge on any atom is 0.270 e. The molecule has 1 aromatic heterocycles. The lowest BCUT2D eigenvalue weighted by Gasteiger charge is -2.35. The Morgan fingerprint density at radius 3 is 2.62 bits per heavy atom. The van der Waals surface area contributed by atoms with Crippen molar-refractivity contribution in [3.05, 3.63) is 41.3 Å². The van der Waals surface area contributed by atoms with E-state index < -0.39 is 0 Å². The van der Waals surface area contributed by atoms with Crippen molar-refractivity contribution in [3.63, 3.8) is 0 Å². The average Bonchev–Trinajstić information content (AvgIpc) is 3.15. The van der Waals surface area contributed by atoms with E-state index in [1.165, 1.54) is 5.56 Å². The Labute approximate surface area is 170 Å². The number of piperazine rings is 1. The first-order chi connectivity index (χ1) is 14.0. The number of fused-ring (bicyclic) bond motifs is 1. The van der Waals surface area contributed by atoms with Crippen LogP contribution in [0.4, 0.5) is 5.82 Å². The second kappa shape index (κ2) is 8.24. The van der Waals surface area contributed by atoms with Crippen molar-refractivity contribution in [1.82, 2.24) is 20.2 Å². The van der Waals surface area contributed by atoms with Gasteiger partial charge in [0.05, 0.1) is 0 Å². The van der Waals surface area contributed by atoms with Crippen LogP contribution >= 0.6 is 0 Å². The number of carbonyl (C=O) groups excluding carboxylic acids is 1. The Morgan fingerprint density at radius 1 is 1.10 bits per heavy atom. The average molecular weight is 397 g/mol. The van der Waals surface area contributed by atoms with Crippen LogP contribution in [0.2, 0.25) is 0 Å². The van der Waals surface area contributed by atoms with Gasteiger partial charge in [0.15, 0.2) is 11.5 Å². The van der Waals surface area contributed by atoms with Gasteiger partial charge in [0.2, 0.25) is 6.79 Å². The van der Waals surface area contributed by atoms with E-state index in [0.717, 1.165) is 50.0 Å². The molecule has 3 heterocycles. The fourth-order valence-corrected chi connectivity index (χ4v) is 3.60. The summed E-state index contributed by atoms with van der Waals surface area (Å²) in [6.45, 7) is 10.4. The summed E-state index contributed by atoms with van der Waals surface area (Å²) >= 11 is 0. The fourth-order valence-electron chi connectivity index (χ4n) is 3.60. The summed E-state index contributed by atoms with van der Waals surface area (Å²) in [4.78, 5) is 25.8. The van der Waals surface area contributed by atoms with Gasteiger partial charge in [0.25, 0.3) is 5.91 Å². The standard InChI is InChI=1S/C21H27N5O3/c1-14(2)22-21(27)17-11-20(24-15(3)23-17)26-8-6-25(7-9-26)12-16-4-5-18-19(10-16)29-13-28-18/h4-5,10-11,14H,6-9,12-13H2,1-3H3,(H,22,27). The summed E-state index contributed by atoms with van der Waals surface area (Å²) in [6, 6.07) is 7.98. The molecule has 4 rings (SSSR count). The molecule has 1 amide bonds. The van der Waals surface area contributed by atoms with E-state index in [-0.39, 0.29) is 11.9 Å². The number of anilines is 1. The Balaban J connectivity index is 1.38. The number of aryl methyl sites for hydroxylation is 1. The Kier molecular flexibility index (Phi) is 5.53. The normalized spacial score (nSPS) is 16.3.